The highest BCUT2D eigenvalue weighted by Gasteiger charge is 2.41. The fraction of sp³-hybridized carbons (Fsp3) is 0.217. The second kappa shape index (κ2) is 7.35. The number of benzene rings is 2. The molecule has 0 aliphatic carbocycles. The van der Waals surface area contributed by atoms with Crippen LogP contribution in [0.25, 0.3) is 21.8 Å². The molecule has 1 aliphatic heterocycles. The molecule has 4 aromatic rings. The van der Waals surface area contributed by atoms with Gasteiger partial charge in [0.1, 0.15) is 0 Å². The molecular formula is C23H18ClF3N4. The first-order chi connectivity index (χ1) is 14.9. The van der Waals surface area contributed by atoms with E-state index in [9.17, 15) is 13.2 Å². The Labute approximate surface area is 181 Å². The van der Waals surface area contributed by atoms with Crippen LogP contribution in [0.1, 0.15) is 11.4 Å². The first-order valence-electron chi connectivity index (χ1n) is 9.84. The van der Waals surface area contributed by atoms with Crippen LogP contribution in [-0.2, 0) is 11.6 Å². The smallest absolute Gasteiger partial charge is 0.382 e. The third kappa shape index (κ3) is 3.47. The van der Waals surface area contributed by atoms with Crippen molar-refractivity contribution in [1.29, 1.82) is 0 Å². The van der Waals surface area contributed by atoms with E-state index in [0.717, 1.165) is 16.6 Å². The SMILES string of the molecule is FC(F)(F)c1nc2ccccc2c(NCC2(c3ccc4ccccc4n3)CNC2)c1Cl. The standard InChI is InChI=1S/C23H18ClF3N4/c24-19-20(15-6-2-4-8-17(15)31-21(19)23(25,26)27)29-13-22(11-28-12-22)18-10-9-14-5-1-3-7-16(14)30-18/h1-10,28H,11-13H2,(H,29,31). The zero-order valence-corrected chi connectivity index (χ0v) is 17.1. The van der Waals surface area contributed by atoms with E-state index >= 15 is 0 Å². The van der Waals surface area contributed by atoms with Crippen LogP contribution < -0.4 is 10.6 Å². The molecule has 0 spiro atoms. The molecule has 0 saturated carbocycles. The van der Waals surface area contributed by atoms with Gasteiger partial charge in [0, 0.05) is 30.4 Å². The molecule has 0 bridgehead atoms. The van der Waals surface area contributed by atoms with E-state index in [0.29, 0.717) is 25.0 Å². The van der Waals surface area contributed by atoms with E-state index in [1.54, 1.807) is 24.3 Å². The molecule has 1 fully saturated rings. The van der Waals surface area contributed by atoms with Crippen LogP contribution in [0.2, 0.25) is 5.02 Å². The first kappa shape index (κ1) is 20.0. The number of rotatable bonds is 4. The molecule has 0 unspecified atom stereocenters. The van der Waals surface area contributed by atoms with Gasteiger partial charge in [0.2, 0.25) is 0 Å². The van der Waals surface area contributed by atoms with Crippen molar-refractivity contribution in [3.8, 4) is 0 Å². The molecule has 158 valence electrons. The fourth-order valence-electron chi connectivity index (χ4n) is 3.99. The zero-order chi connectivity index (χ0) is 21.6. The topological polar surface area (TPSA) is 49.8 Å². The number of pyridine rings is 2. The zero-order valence-electron chi connectivity index (χ0n) is 16.3. The molecule has 0 atom stereocenters. The number of hydrogen-bond acceptors (Lipinski definition) is 4. The van der Waals surface area contributed by atoms with Gasteiger partial charge in [0.15, 0.2) is 5.69 Å². The average molecular weight is 443 g/mol. The molecular weight excluding hydrogens is 425 g/mol. The minimum Gasteiger partial charge on any atom is -0.382 e. The van der Waals surface area contributed by atoms with Gasteiger partial charge in [-0.3, -0.25) is 4.98 Å². The van der Waals surface area contributed by atoms with Gasteiger partial charge >= 0.3 is 6.18 Å². The number of hydrogen-bond donors (Lipinski definition) is 2. The normalized spacial score (nSPS) is 15.7. The van der Waals surface area contributed by atoms with Crippen molar-refractivity contribution in [1.82, 2.24) is 15.3 Å². The molecule has 31 heavy (non-hydrogen) atoms. The molecule has 2 N–H and O–H groups in total. The molecule has 4 nitrogen and oxygen atoms in total. The highest BCUT2D eigenvalue weighted by molar-refractivity contribution is 6.35. The van der Waals surface area contributed by atoms with Crippen LogP contribution in [0.3, 0.4) is 0 Å². The van der Waals surface area contributed by atoms with Gasteiger partial charge in [-0.05, 0) is 18.2 Å². The Kier molecular flexibility index (Phi) is 4.75. The number of para-hydroxylation sites is 2. The van der Waals surface area contributed by atoms with Crippen LogP contribution in [0.15, 0.2) is 60.7 Å². The molecule has 1 aliphatic rings. The van der Waals surface area contributed by atoms with Crippen molar-refractivity contribution in [2.45, 2.75) is 11.6 Å². The quantitative estimate of drug-likeness (QED) is 0.444. The van der Waals surface area contributed by atoms with E-state index in [-0.39, 0.29) is 16.6 Å². The predicted molar refractivity (Wildman–Crippen MR) is 117 cm³/mol. The number of fused-ring (bicyclic) bond motifs is 2. The second-order valence-corrected chi connectivity index (χ2v) is 8.17. The van der Waals surface area contributed by atoms with Crippen molar-refractivity contribution >= 4 is 39.1 Å². The van der Waals surface area contributed by atoms with Gasteiger partial charge in [0.05, 0.1) is 32.9 Å². The van der Waals surface area contributed by atoms with Crippen LogP contribution in [0.5, 0.6) is 0 Å². The van der Waals surface area contributed by atoms with Gasteiger partial charge in [-0.2, -0.15) is 13.2 Å². The molecule has 1 saturated heterocycles. The summed E-state index contributed by atoms with van der Waals surface area (Å²) in [5, 5.41) is 7.65. The Balaban J connectivity index is 1.54. The summed E-state index contributed by atoms with van der Waals surface area (Å²) in [6.07, 6.45) is -4.65. The van der Waals surface area contributed by atoms with Gasteiger partial charge in [-0.1, -0.05) is 54.1 Å². The highest BCUT2D eigenvalue weighted by Crippen LogP contribution is 2.41. The molecule has 2 aromatic heterocycles. The Morgan fingerprint density at radius 1 is 0.935 bits per heavy atom. The van der Waals surface area contributed by atoms with Gasteiger partial charge < -0.3 is 10.6 Å². The lowest BCUT2D eigenvalue weighted by Gasteiger charge is -2.42. The summed E-state index contributed by atoms with van der Waals surface area (Å²) in [6.45, 7) is 1.71. The van der Waals surface area contributed by atoms with Gasteiger partial charge in [0.25, 0.3) is 0 Å². The minimum atomic E-state index is -4.65. The highest BCUT2D eigenvalue weighted by atomic mass is 35.5. The second-order valence-electron chi connectivity index (χ2n) is 7.79. The van der Waals surface area contributed by atoms with E-state index in [4.69, 9.17) is 16.6 Å². The van der Waals surface area contributed by atoms with Crippen LogP contribution in [0.4, 0.5) is 18.9 Å². The summed E-state index contributed by atoms with van der Waals surface area (Å²) in [6, 6.07) is 18.5. The molecule has 0 amide bonds. The Hall–Kier alpha value is -2.90. The van der Waals surface area contributed by atoms with Crippen LogP contribution >= 0.6 is 11.6 Å². The summed E-state index contributed by atoms with van der Waals surface area (Å²) in [4.78, 5) is 8.57. The monoisotopic (exact) mass is 442 g/mol. The van der Waals surface area contributed by atoms with E-state index < -0.39 is 16.9 Å². The van der Waals surface area contributed by atoms with E-state index in [1.807, 2.05) is 36.4 Å². The average Bonchev–Trinajstić information content (AvgIpc) is 2.73. The molecule has 8 heteroatoms. The van der Waals surface area contributed by atoms with E-state index in [2.05, 4.69) is 15.6 Å². The Bertz CT molecular complexity index is 1290. The number of halogens is 4. The Morgan fingerprint density at radius 2 is 1.65 bits per heavy atom. The number of nitrogens with zero attached hydrogens (tertiary/aromatic N) is 2. The molecule has 5 rings (SSSR count). The largest absolute Gasteiger partial charge is 0.434 e. The fourth-order valence-corrected chi connectivity index (χ4v) is 4.31. The lowest BCUT2D eigenvalue weighted by molar-refractivity contribution is -0.140. The Morgan fingerprint density at radius 3 is 2.35 bits per heavy atom. The third-order valence-electron chi connectivity index (χ3n) is 5.77. The molecule has 0 radical (unpaired) electrons. The van der Waals surface area contributed by atoms with Gasteiger partial charge in [-0.15, -0.1) is 0 Å². The predicted octanol–water partition coefficient (Wildman–Crippen LogP) is 5.41. The van der Waals surface area contributed by atoms with Crippen LogP contribution in [0, 0.1) is 0 Å². The van der Waals surface area contributed by atoms with Crippen molar-refractivity contribution in [2.24, 2.45) is 0 Å². The number of anilines is 1. The van der Waals surface area contributed by atoms with Gasteiger partial charge in [-0.25, -0.2) is 4.98 Å². The lowest BCUT2D eigenvalue weighted by atomic mass is 9.77. The van der Waals surface area contributed by atoms with Crippen molar-refractivity contribution in [3.05, 3.63) is 77.1 Å². The maximum Gasteiger partial charge on any atom is 0.434 e. The van der Waals surface area contributed by atoms with Crippen LogP contribution in [-0.4, -0.2) is 29.6 Å². The molecule has 3 heterocycles. The van der Waals surface area contributed by atoms with Crippen molar-refractivity contribution in [3.63, 3.8) is 0 Å². The summed E-state index contributed by atoms with van der Waals surface area (Å²) < 4.78 is 40.6. The van der Waals surface area contributed by atoms with E-state index in [1.165, 1.54) is 0 Å². The first-order valence-corrected chi connectivity index (χ1v) is 10.2. The minimum absolute atomic E-state index is 0.242. The maximum absolute atomic E-state index is 13.5. The number of nitrogens with one attached hydrogen (secondary N) is 2. The van der Waals surface area contributed by atoms with Crippen molar-refractivity contribution < 1.29 is 13.2 Å². The lowest BCUT2D eigenvalue weighted by Crippen LogP contribution is -2.60. The summed E-state index contributed by atoms with van der Waals surface area (Å²) >= 11 is 6.21. The molecule has 2 aromatic carbocycles. The number of alkyl halides is 3. The number of aromatic nitrogens is 2. The summed E-state index contributed by atoms with van der Waals surface area (Å²) in [5.41, 5.74) is 0.829. The summed E-state index contributed by atoms with van der Waals surface area (Å²) in [7, 11) is 0. The summed E-state index contributed by atoms with van der Waals surface area (Å²) in [5.74, 6) is 0. The third-order valence-corrected chi connectivity index (χ3v) is 6.14. The van der Waals surface area contributed by atoms with Crippen molar-refractivity contribution in [2.75, 3.05) is 25.0 Å². The maximum atomic E-state index is 13.5.